The minimum Gasteiger partial charge on any atom is -0.478 e. The van der Waals surface area contributed by atoms with Crippen LogP contribution in [0.25, 0.3) is 0 Å². The van der Waals surface area contributed by atoms with Crippen LogP contribution in [-0.2, 0) is 4.79 Å². The van der Waals surface area contributed by atoms with Gasteiger partial charge < -0.3 is 5.11 Å². The fourth-order valence-electron chi connectivity index (χ4n) is 0.460. The molecule has 0 spiro atoms. The minimum absolute atomic E-state index is 0.0162. The number of rotatable bonds is 3. The molecule has 1 N–H and O–H groups in total. The smallest absolute Gasteiger partial charge is 0.331 e. The zero-order valence-corrected chi connectivity index (χ0v) is 9.97. The molecule has 0 unspecified atom stereocenters. The molecule has 0 aromatic carbocycles. The number of aliphatic carboxylic acids is 1. The zero-order chi connectivity index (χ0) is 10.9. The van der Waals surface area contributed by atoms with Gasteiger partial charge in [-0.2, -0.15) is 0 Å². The van der Waals surface area contributed by atoms with Gasteiger partial charge in [-0.3, -0.25) is 0 Å². The van der Waals surface area contributed by atoms with Gasteiger partial charge in [0.1, 0.15) is 0 Å². The van der Waals surface area contributed by atoms with Gasteiger partial charge in [0.05, 0.1) is 0 Å². The van der Waals surface area contributed by atoms with E-state index in [2.05, 4.69) is 0 Å². The Bertz CT molecular complexity index is 239. The summed E-state index contributed by atoms with van der Waals surface area (Å²) in [6.45, 7) is 2.73. The molecule has 0 aromatic rings. The van der Waals surface area contributed by atoms with Crippen molar-refractivity contribution in [2.75, 3.05) is 0 Å². The molecule has 76 valence electrons. The number of hydrogen-bond donors (Lipinski definition) is 1. The van der Waals surface area contributed by atoms with Gasteiger partial charge in [0.15, 0.2) is 8.67 Å². The molecule has 0 aliphatic carbocycles. The third-order valence-electron chi connectivity index (χ3n) is 1.32. The summed E-state index contributed by atoms with van der Waals surface area (Å²) in [7, 11) is 0. The van der Waals surface area contributed by atoms with Crippen molar-refractivity contribution in [1.82, 2.24) is 0 Å². The van der Waals surface area contributed by atoms with Crippen molar-refractivity contribution in [3.8, 4) is 0 Å². The first-order valence-electron chi connectivity index (χ1n) is 3.26. The number of alkyl halides is 4. The van der Waals surface area contributed by atoms with Crippen molar-refractivity contribution in [1.29, 1.82) is 0 Å². The number of halogens is 4. The van der Waals surface area contributed by atoms with E-state index >= 15 is 0 Å². The molecule has 0 aliphatic heterocycles. The molecule has 0 aromatic heterocycles. The van der Waals surface area contributed by atoms with E-state index in [1.165, 1.54) is 13.8 Å². The predicted molar refractivity (Wildman–Crippen MR) is 55.9 cm³/mol. The standard InChI is InChI=1S/C7H8Cl4O2/c1-4(5(12)13)3-7(10,11)6(2,8)9/h3H,1-2H3,(H,12,13). The third-order valence-corrected chi connectivity index (χ3v) is 3.28. The Hall–Kier alpha value is 0.370. The molecule has 0 atom stereocenters. The van der Waals surface area contributed by atoms with Crippen LogP contribution in [0, 0.1) is 0 Å². The van der Waals surface area contributed by atoms with Crippen LogP contribution in [0.15, 0.2) is 11.6 Å². The number of hydrogen-bond acceptors (Lipinski definition) is 1. The lowest BCUT2D eigenvalue weighted by Gasteiger charge is -2.26. The highest BCUT2D eigenvalue weighted by Crippen LogP contribution is 2.43. The Morgan fingerprint density at radius 1 is 1.31 bits per heavy atom. The number of carbonyl (C=O) groups is 1. The van der Waals surface area contributed by atoms with Crippen LogP contribution >= 0.6 is 46.4 Å². The molecule has 13 heavy (non-hydrogen) atoms. The van der Waals surface area contributed by atoms with Crippen LogP contribution in [-0.4, -0.2) is 19.7 Å². The van der Waals surface area contributed by atoms with Crippen molar-refractivity contribution >= 4 is 52.4 Å². The normalized spacial score (nSPS) is 14.5. The molecule has 0 aliphatic rings. The number of carboxylic acids is 1. The topological polar surface area (TPSA) is 37.3 Å². The maximum Gasteiger partial charge on any atom is 0.331 e. The summed E-state index contributed by atoms with van der Waals surface area (Å²) in [6, 6.07) is 0. The summed E-state index contributed by atoms with van der Waals surface area (Å²) in [5.74, 6) is -1.12. The fourth-order valence-corrected chi connectivity index (χ4v) is 0.897. The van der Waals surface area contributed by atoms with E-state index in [4.69, 9.17) is 51.5 Å². The van der Waals surface area contributed by atoms with E-state index in [-0.39, 0.29) is 5.57 Å². The van der Waals surface area contributed by atoms with E-state index in [0.717, 1.165) is 6.08 Å². The molecule has 0 heterocycles. The molecule has 0 radical (unpaired) electrons. The van der Waals surface area contributed by atoms with Gasteiger partial charge in [-0.1, -0.05) is 46.4 Å². The Labute approximate surface area is 96.4 Å². The van der Waals surface area contributed by atoms with Crippen molar-refractivity contribution in [3.63, 3.8) is 0 Å². The molecular formula is C7H8Cl4O2. The fraction of sp³-hybridized carbons (Fsp3) is 0.571. The van der Waals surface area contributed by atoms with Crippen LogP contribution < -0.4 is 0 Å². The molecule has 0 bridgehead atoms. The SMILES string of the molecule is CC(=CC(Cl)(Cl)C(C)(Cl)Cl)C(=O)O. The van der Waals surface area contributed by atoms with Gasteiger partial charge in [0.2, 0.25) is 0 Å². The van der Waals surface area contributed by atoms with Crippen molar-refractivity contribution in [2.24, 2.45) is 0 Å². The highest BCUT2D eigenvalue weighted by atomic mass is 35.5. The van der Waals surface area contributed by atoms with E-state index in [9.17, 15) is 4.79 Å². The zero-order valence-electron chi connectivity index (χ0n) is 6.94. The lowest BCUT2D eigenvalue weighted by molar-refractivity contribution is -0.132. The quantitative estimate of drug-likeness (QED) is 0.628. The van der Waals surface area contributed by atoms with Crippen molar-refractivity contribution < 1.29 is 9.90 Å². The molecule has 0 saturated carbocycles. The van der Waals surface area contributed by atoms with Gasteiger partial charge >= 0.3 is 5.97 Å². The lowest BCUT2D eigenvalue weighted by atomic mass is 10.2. The third kappa shape index (κ3) is 3.94. The van der Waals surface area contributed by atoms with E-state index in [1.54, 1.807) is 0 Å². The van der Waals surface area contributed by atoms with Gasteiger partial charge in [0, 0.05) is 5.57 Å². The van der Waals surface area contributed by atoms with Crippen LogP contribution in [0.5, 0.6) is 0 Å². The Morgan fingerprint density at radius 3 is 1.92 bits per heavy atom. The summed E-state index contributed by atoms with van der Waals surface area (Å²) in [5.41, 5.74) is -0.0162. The van der Waals surface area contributed by atoms with E-state index in [1.807, 2.05) is 0 Å². The summed E-state index contributed by atoms with van der Waals surface area (Å²) in [5, 5.41) is 8.54. The van der Waals surface area contributed by atoms with Crippen LogP contribution in [0.2, 0.25) is 0 Å². The van der Waals surface area contributed by atoms with Gasteiger partial charge in [0.25, 0.3) is 0 Å². The lowest BCUT2D eigenvalue weighted by Crippen LogP contribution is -2.31. The van der Waals surface area contributed by atoms with Crippen LogP contribution in [0.1, 0.15) is 13.8 Å². The molecule has 0 saturated heterocycles. The number of allylic oxidation sites excluding steroid dienone is 1. The number of carboxylic acid groups (broad SMARTS) is 1. The first kappa shape index (κ1) is 13.4. The first-order valence-corrected chi connectivity index (χ1v) is 4.77. The van der Waals surface area contributed by atoms with Crippen LogP contribution in [0.3, 0.4) is 0 Å². The summed E-state index contributed by atoms with van der Waals surface area (Å²) in [4.78, 5) is 10.4. The highest BCUT2D eigenvalue weighted by molar-refractivity contribution is 6.63. The predicted octanol–water partition coefficient (Wildman–Crippen LogP) is 3.39. The van der Waals surface area contributed by atoms with Crippen LogP contribution in [0.4, 0.5) is 0 Å². The van der Waals surface area contributed by atoms with Crippen molar-refractivity contribution in [3.05, 3.63) is 11.6 Å². The largest absolute Gasteiger partial charge is 0.478 e. The maximum atomic E-state index is 10.4. The molecule has 0 rings (SSSR count). The van der Waals surface area contributed by atoms with E-state index in [0.29, 0.717) is 0 Å². The second-order valence-corrected chi connectivity index (χ2v) is 5.73. The highest BCUT2D eigenvalue weighted by Gasteiger charge is 2.41. The molecule has 6 heteroatoms. The average molecular weight is 266 g/mol. The Balaban J connectivity index is 4.89. The second-order valence-electron chi connectivity index (χ2n) is 2.64. The van der Waals surface area contributed by atoms with Crippen molar-refractivity contribution in [2.45, 2.75) is 22.5 Å². The maximum absolute atomic E-state index is 10.4. The Morgan fingerprint density at radius 2 is 1.69 bits per heavy atom. The summed E-state index contributed by atoms with van der Waals surface area (Å²) < 4.78 is -3.08. The first-order chi connectivity index (χ1) is 5.58. The minimum atomic E-state index is -1.63. The molecule has 2 nitrogen and oxygen atoms in total. The second kappa shape index (κ2) is 4.26. The summed E-state index contributed by atoms with van der Waals surface area (Å²) in [6.07, 6.45) is 1.10. The molecular weight excluding hydrogens is 258 g/mol. The summed E-state index contributed by atoms with van der Waals surface area (Å²) >= 11 is 22.7. The molecule has 0 amide bonds. The van der Waals surface area contributed by atoms with Gasteiger partial charge in [-0.15, -0.1) is 0 Å². The van der Waals surface area contributed by atoms with E-state index < -0.39 is 14.6 Å². The van der Waals surface area contributed by atoms with Gasteiger partial charge in [-0.25, -0.2) is 4.79 Å². The van der Waals surface area contributed by atoms with Gasteiger partial charge in [-0.05, 0) is 19.9 Å². The Kier molecular flexibility index (Phi) is 4.38. The average Bonchev–Trinajstić information content (AvgIpc) is 1.83. The monoisotopic (exact) mass is 264 g/mol. The molecule has 0 fully saturated rings.